The number of rotatable bonds is 4. The maximum Gasteiger partial charge on any atom is 0.416 e. The van der Waals surface area contributed by atoms with Crippen molar-refractivity contribution in [2.24, 2.45) is 0 Å². The van der Waals surface area contributed by atoms with Gasteiger partial charge in [0, 0.05) is 5.69 Å². The lowest BCUT2D eigenvalue weighted by Crippen LogP contribution is -2.14. The summed E-state index contributed by atoms with van der Waals surface area (Å²) in [4.78, 5) is 11.7. The van der Waals surface area contributed by atoms with E-state index >= 15 is 0 Å². The second-order valence-corrected chi connectivity index (χ2v) is 6.40. The third kappa shape index (κ3) is 4.71. The van der Waals surface area contributed by atoms with Crippen LogP contribution in [0.1, 0.15) is 10.6 Å². The molecule has 0 atom stereocenters. The monoisotopic (exact) mass is 333 g/mol. The van der Waals surface area contributed by atoms with Gasteiger partial charge in [-0.1, -0.05) is 23.1 Å². The Labute approximate surface area is 126 Å². The molecule has 2 rings (SSSR count). The lowest BCUT2D eigenvalue weighted by atomic mass is 10.2. The summed E-state index contributed by atoms with van der Waals surface area (Å²) in [6.45, 7) is 1.81. The van der Waals surface area contributed by atoms with Gasteiger partial charge in [0.05, 0.1) is 11.3 Å². The number of nitrogens with zero attached hydrogens (tertiary/aromatic N) is 2. The van der Waals surface area contributed by atoms with E-state index in [1.165, 1.54) is 35.2 Å². The van der Waals surface area contributed by atoms with Crippen molar-refractivity contribution in [3.05, 3.63) is 34.8 Å². The van der Waals surface area contributed by atoms with Gasteiger partial charge in [-0.05, 0) is 31.2 Å². The van der Waals surface area contributed by atoms with Gasteiger partial charge in [0.1, 0.15) is 5.01 Å². The number of alkyl halides is 3. The molecule has 1 heterocycles. The Balaban J connectivity index is 1.88. The highest BCUT2D eigenvalue weighted by Crippen LogP contribution is 2.30. The van der Waals surface area contributed by atoms with E-state index in [1.54, 1.807) is 0 Å². The minimum atomic E-state index is -4.38. The highest BCUT2D eigenvalue weighted by Gasteiger charge is 2.29. The lowest BCUT2D eigenvalue weighted by Gasteiger charge is -2.08. The normalized spacial score (nSPS) is 11.4. The van der Waals surface area contributed by atoms with E-state index in [-0.39, 0.29) is 11.7 Å². The third-order valence-corrected chi connectivity index (χ3v) is 4.30. The van der Waals surface area contributed by atoms with Crippen LogP contribution < -0.4 is 5.32 Å². The van der Waals surface area contributed by atoms with Crippen LogP contribution in [-0.2, 0) is 11.0 Å². The molecule has 0 saturated heterocycles. The maximum absolute atomic E-state index is 12.4. The molecule has 0 aliphatic carbocycles. The third-order valence-electron chi connectivity index (χ3n) is 2.33. The van der Waals surface area contributed by atoms with Crippen LogP contribution in [0, 0.1) is 6.92 Å². The molecular formula is C12H10F3N3OS2. The summed E-state index contributed by atoms with van der Waals surface area (Å²) in [5.41, 5.74) is -0.429. The van der Waals surface area contributed by atoms with Crippen molar-refractivity contribution in [2.45, 2.75) is 17.4 Å². The molecule has 0 aliphatic heterocycles. The van der Waals surface area contributed by atoms with Gasteiger partial charge in [0.25, 0.3) is 0 Å². The number of halogens is 3. The minimum absolute atomic E-state index is 0.121. The van der Waals surface area contributed by atoms with Gasteiger partial charge in [0.15, 0.2) is 4.34 Å². The molecule has 21 heavy (non-hydrogen) atoms. The van der Waals surface area contributed by atoms with Gasteiger partial charge in [-0.25, -0.2) is 0 Å². The molecule has 0 aliphatic rings. The zero-order valence-corrected chi connectivity index (χ0v) is 12.4. The summed E-state index contributed by atoms with van der Waals surface area (Å²) >= 11 is 2.61. The van der Waals surface area contributed by atoms with Crippen molar-refractivity contribution in [1.29, 1.82) is 0 Å². The summed E-state index contributed by atoms with van der Waals surface area (Å²) in [5, 5.41) is 11.0. The first-order chi connectivity index (χ1) is 9.84. The Morgan fingerprint density at radius 2 is 1.95 bits per heavy atom. The van der Waals surface area contributed by atoms with Gasteiger partial charge in [0.2, 0.25) is 5.91 Å². The Bertz CT molecular complexity index is 625. The predicted octanol–water partition coefficient (Wildman–Crippen LogP) is 3.60. The van der Waals surface area contributed by atoms with E-state index < -0.39 is 11.7 Å². The number of anilines is 1. The molecule has 1 N–H and O–H groups in total. The first-order valence-electron chi connectivity index (χ1n) is 5.74. The quantitative estimate of drug-likeness (QED) is 0.869. The van der Waals surface area contributed by atoms with Crippen LogP contribution in [0.5, 0.6) is 0 Å². The van der Waals surface area contributed by atoms with Gasteiger partial charge < -0.3 is 5.32 Å². The second-order valence-electron chi connectivity index (χ2n) is 4.00. The molecule has 1 aromatic carbocycles. The van der Waals surface area contributed by atoms with E-state index in [9.17, 15) is 18.0 Å². The molecule has 0 radical (unpaired) electrons. The molecule has 9 heteroatoms. The van der Waals surface area contributed by atoms with E-state index in [1.807, 2.05) is 6.92 Å². The minimum Gasteiger partial charge on any atom is -0.325 e. The second kappa shape index (κ2) is 6.44. The van der Waals surface area contributed by atoms with Gasteiger partial charge in [-0.3, -0.25) is 4.79 Å². The maximum atomic E-state index is 12.4. The molecule has 0 bridgehead atoms. The molecule has 1 aromatic heterocycles. The van der Waals surface area contributed by atoms with Crippen LogP contribution in [0.4, 0.5) is 18.9 Å². The predicted molar refractivity (Wildman–Crippen MR) is 75.4 cm³/mol. The molecule has 1 amide bonds. The number of benzene rings is 1. The number of thioether (sulfide) groups is 1. The Hall–Kier alpha value is -1.61. The van der Waals surface area contributed by atoms with Crippen molar-refractivity contribution in [1.82, 2.24) is 10.2 Å². The van der Waals surface area contributed by atoms with E-state index in [2.05, 4.69) is 15.5 Å². The number of hydrogen-bond donors (Lipinski definition) is 1. The Morgan fingerprint density at radius 3 is 2.48 bits per heavy atom. The highest BCUT2D eigenvalue weighted by molar-refractivity contribution is 8.01. The van der Waals surface area contributed by atoms with Gasteiger partial charge in [-0.2, -0.15) is 13.2 Å². The van der Waals surface area contributed by atoms with Crippen LogP contribution >= 0.6 is 23.1 Å². The van der Waals surface area contributed by atoms with Crippen LogP contribution in [0.3, 0.4) is 0 Å². The molecule has 112 valence electrons. The average Bonchev–Trinajstić information content (AvgIpc) is 2.82. The number of carbonyl (C=O) groups is 1. The van der Waals surface area contributed by atoms with Crippen molar-refractivity contribution in [3.63, 3.8) is 0 Å². The van der Waals surface area contributed by atoms with Crippen LogP contribution in [0.2, 0.25) is 0 Å². The van der Waals surface area contributed by atoms with E-state index in [0.29, 0.717) is 10.0 Å². The molecule has 0 fully saturated rings. The molecule has 4 nitrogen and oxygen atoms in total. The standard InChI is InChI=1S/C12H10F3N3OS2/c1-7-17-18-11(21-7)20-6-10(19)16-9-4-2-8(3-5-9)12(13,14)15/h2-5H,6H2,1H3,(H,16,19). The van der Waals surface area contributed by atoms with Crippen molar-refractivity contribution < 1.29 is 18.0 Å². The zero-order valence-electron chi connectivity index (χ0n) is 10.8. The highest BCUT2D eigenvalue weighted by atomic mass is 32.2. The summed E-state index contributed by atoms with van der Waals surface area (Å²) in [6, 6.07) is 4.30. The summed E-state index contributed by atoms with van der Waals surface area (Å²) < 4.78 is 37.8. The SMILES string of the molecule is Cc1nnc(SCC(=O)Nc2ccc(C(F)(F)F)cc2)s1. The fraction of sp³-hybridized carbons (Fsp3) is 0.250. The van der Waals surface area contributed by atoms with Crippen LogP contribution in [-0.4, -0.2) is 21.9 Å². The topological polar surface area (TPSA) is 54.9 Å². The number of aryl methyl sites for hydroxylation is 1. The summed E-state index contributed by atoms with van der Waals surface area (Å²) in [6.07, 6.45) is -4.38. The van der Waals surface area contributed by atoms with Gasteiger partial charge >= 0.3 is 6.18 Å². The van der Waals surface area contributed by atoms with Crippen molar-refractivity contribution in [2.75, 3.05) is 11.1 Å². The summed E-state index contributed by atoms with van der Waals surface area (Å²) in [5.74, 6) is -0.192. The number of nitrogens with one attached hydrogen (secondary N) is 1. The van der Waals surface area contributed by atoms with Crippen LogP contribution in [0.25, 0.3) is 0 Å². The largest absolute Gasteiger partial charge is 0.416 e. The Morgan fingerprint density at radius 1 is 1.29 bits per heavy atom. The van der Waals surface area contributed by atoms with Gasteiger partial charge in [-0.15, -0.1) is 10.2 Å². The van der Waals surface area contributed by atoms with Crippen LogP contribution in [0.15, 0.2) is 28.6 Å². The molecule has 0 spiro atoms. The number of carbonyl (C=O) groups excluding carboxylic acids is 1. The lowest BCUT2D eigenvalue weighted by molar-refractivity contribution is -0.137. The molecule has 0 saturated carbocycles. The van der Waals surface area contributed by atoms with E-state index in [0.717, 1.165) is 17.1 Å². The first kappa shape index (κ1) is 15.8. The zero-order chi connectivity index (χ0) is 15.5. The first-order valence-corrected chi connectivity index (χ1v) is 7.55. The molecular weight excluding hydrogens is 323 g/mol. The van der Waals surface area contributed by atoms with Crippen molar-refractivity contribution >= 4 is 34.7 Å². The van der Waals surface area contributed by atoms with E-state index in [4.69, 9.17) is 0 Å². The average molecular weight is 333 g/mol. The van der Waals surface area contributed by atoms with Crippen molar-refractivity contribution in [3.8, 4) is 0 Å². The summed E-state index contributed by atoms with van der Waals surface area (Å²) in [7, 11) is 0. The number of amides is 1. The molecule has 0 unspecified atom stereocenters. The fourth-order valence-electron chi connectivity index (χ4n) is 1.40. The Kier molecular flexibility index (Phi) is 4.84. The number of hydrogen-bond acceptors (Lipinski definition) is 5. The molecule has 2 aromatic rings. The smallest absolute Gasteiger partial charge is 0.325 e. The fourth-order valence-corrected chi connectivity index (χ4v) is 3.02. The number of aromatic nitrogens is 2.